The summed E-state index contributed by atoms with van der Waals surface area (Å²) in [5.74, 6) is -2.45. The number of nitrogens with one attached hydrogen (secondary N) is 3. The van der Waals surface area contributed by atoms with E-state index in [9.17, 15) is 24.3 Å². The third-order valence-electron chi connectivity index (χ3n) is 10.9. The average molecular weight is 840 g/mol. The summed E-state index contributed by atoms with van der Waals surface area (Å²) in [4.78, 5) is 65.8. The third-order valence-corrected chi connectivity index (χ3v) is 12.4. The van der Waals surface area contributed by atoms with Gasteiger partial charge in [-0.05, 0) is 66.6 Å². The molecule has 1 aliphatic heterocycles. The number of hydrogen-bond donors (Lipinski definition) is 4. The van der Waals surface area contributed by atoms with Crippen molar-refractivity contribution in [2.75, 3.05) is 19.0 Å². The lowest BCUT2D eigenvalue weighted by molar-refractivity contribution is -0.148. The number of nitrogens with zero attached hydrogens (tertiary/aromatic N) is 3. The molecule has 15 heteroatoms. The monoisotopic (exact) mass is 838 g/mol. The quantitative estimate of drug-likeness (QED) is 0.131. The molecule has 3 aromatic rings. The second kappa shape index (κ2) is 16.1. The van der Waals surface area contributed by atoms with E-state index >= 15 is 0 Å². The molecule has 2 aromatic heterocycles. The van der Waals surface area contributed by atoms with E-state index in [4.69, 9.17) is 19.4 Å². The Labute approximate surface area is 334 Å². The molecule has 3 amide bonds. The number of hydrogen-bond acceptors (Lipinski definition) is 10. The molecular formula is C40H51BrN6O7S. The molecule has 13 nitrogen and oxygen atoms in total. The van der Waals surface area contributed by atoms with Gasteiger partial charge >= 0.3 is 5.97 Å². The maximum absolute atomic E-state index is 14.7. The molecule has 1 saturated heterocycles. The molecule has 5 atom stereocenters. The van der Waals surface area contributed by atoms with Gasteiger partial charge in [-0.3, -0.25) is 14.4 Å². The van der Waals surface area contributed by atoms with Crippen molar-refractivity contribution in [1.29, 1.82) is 0 Å². The van der Waals surface area contributed by atoms with Crippen LogP contribution in [-0.4, -0.2) is 87.1 Å². The molecule has 2 aliphatic carbocycles. The largest absolute Gasteiger partial charge is 0.495 e. The first kappa shape index (κ1) is 40.4. The summed E-state index contributed by atoms with van der Waals surface area (Å²) in [5, 5.41) is 22.6. The van der Waals surface area contributed by atoms with Crippen LogP contribution in [0.15, 0.2) is 40.7 Å². The zero-order valence-corrected chi connectivity index (χ0v) is 34.6. The maximum atomic E-state index is 14.7. The first-order valence-corrected chi connectivity index (χ1v) is 20.6. The van der Waals surface area contributed by atoms with Crippen LogP contribution in [0.3, 0.4) is 0 Å². The molecule has 0 radical (unpaired) electrons. The number of carbonyl (C=O) groups excluding carboxylic acids is 3. The lowest BCUT2D eigenvalue weighted by Crippen LogP contribution is -2.54. The number of carboxylic acids is 1. The topological polar surface area (TPSA) is 172 Å². The van der Waals surface area contributed by atoms with Crippen molar-refractivity contribution in [3.63, 3.8) is 0 Å². The highest BCUT2D eigenvalue weighted by Gasteiger charge is 2.61. The molecule has 0 unspecified atom stereocenters. The summed E-state index contributed by atoms with van der Waals surface area (Å²) >= 11 is 5.12. The van der Waals surface area contributed by atoms with E-state index in [0.717, 1.165) is 30.8 Å². The number of pyridine rings is 1. The lowest BCUT2D eigenvalue weighted by atomic mass is 9.77. The van der Waals surface area contributed by atoms with Gasteiger partial charge in [0.2, 0.25) is 17.7 Å². The molecule has 4 N–H and O–H groups in total. The van der Waals surface area contributed by atoms with Gasteiger partial charge in [0, 0.05) is 47.7 Å². The van der Waals surface area contributed by atoms with Crippen molar-refractivity contribution in [3.05, 3.63) is 40.7 Å². The predicted octanol–water partition coefficient (Wildman–Crippen LogP) is 6.55. The number of thiazole rings is 1. The van der Waals surface area contributed by atoms with Crippen molar-refractivity contribution in [3.8, 4) is 22.9 Å². The number of amides is 3. The Hall–Kier alpha value is -4.24. The van der Waals surface area contributed by atoms with Gasteiger partial charge in [0.05, 0.1) is 35.3 Å². The maximum Gasteiger partial charge on any atom is 0.330 e. The van der Waals surface area contributed by atoms with Crippen LogP contribution in [0.2, 0.25) is 0 Å². The molecule has 3 aliphatic rings. The number of carboxylic acid groups (broad SMARTS) is 1. The molecule has 296 valence electrons. The molecular weight excluding hydrogens is 788 g/mol. The highest BCUT2D eigenvalue weighted by atomic mass is 79.9. The number of fused-ring (bicyclic) bond motifs is 1. The zero-order chi connectivity index (χ0) is 39.8. The molecule has 0 bridgehead atoms. The summed E-state index contributed by atoms with van der Waals surface area (Å²) in [6.07, 6.45) is 5.06. The number of rotatable bonds is 14. The summed E-state index contributed by atoms with van der Waals surface area (Å²) in [5.41, 5.74) is -0.352. The van der Waals surface area contributed by atoms with Crippen LogP contribution >= 0.6 is 27.3 Å². The van der Waals surface area contributed by atoms with Crippen LogP contribution in [0, 0.1) is 17.3 Å². The van der Waals surface area contributed by atoms with E-state index in [1.165, 1.54) is 22.3 Å². The fourth-order valence-corrected chi connectivity index (χ4v) is 9.13. The molecule has 2 saturated carbocycles. The third kappa shape index (κ3) is 8.62. The number of aromatic nitrogens is 2. The van der Waals surface area contributed by atoms with Gasteiger partial charge in [-0.1, -0.05) is 39.7 Å². The van der Waals surface area contributed by atoms with Crippen molar-refractivity contribution in [1.82, 2.24) is 25.5 Å². The number of likely N-dealkylation sites (tertiary alicyclic amines) is 1. The summed E-state index contributed by atoms with van der Waals surface area (Å²) in [6, 6.07) is 4.68. The van der Waals surface area contributed by atoms with Gasteiger partial charge in [-0.2, -0.15) is 0 Å². The molecule has 3 heterocycles. The van der Waals surface area contributed by atoms with Crippen molar-refractivity contribution >= 4 is 67.0 Å². The number of aliphatic carboxylic acids is 1. The van der Waals surface area contributed by atoms with Crippen molar-refractivity contribution in [2.24, 2.45) is 17.3 Å². The van der Waals surface area contributed by atoms with Crippen LogP contribution in [0.4, 0.5) is 5.13 Å². The van der Waals surface area contributed by atoms with E-state index in [-0.39, 0.29) is 49.7 Å². The first-order chi connectivity index (χ1) is 26.0. The summed E-state index contributed by atoms with van der Waals surface area (Å²) in [6.45, 7) is 13.6. The molecule has 6 rings (SSSR count). The minimum Gasteiger partial charge on any atom is -0.495 e. The predicted molar refractivity (Wildman–Crippen MR) is 215 cm³/mol. The number of carbonyl (C=O) groups is 4. The molecule has 1 aromatic carbocycles. The summed E-state index contributed by atoms with van der Waals surface area (Å²) < 4.78 is 13.0. The summed E-state index contributed by atoms with van der Waals surface area (Å²) in [7, 11) is 1.57. The van der Waals surface area contributed by atoms with Gasteiger partial charge in [-0.25, -0.2) is 14.8 Å². The van der Waals surface area contributed by atoms with E-state index < -0.39 is 46.8 Å². The molecule has 3 fully saturated rings. The van der Waals surface area contributed by atoms with E-state index in [0.29, 0.717) is 38.3 Å². The normalized spacial score (nSPS) is 23.1. The number of methoxy groups -OCH3 is 1. The Balaban J connectivity index is 1.34. The van der Waals surface area contributed by atoms with Crippen LogP contribution in [0.1, 0.15) is 79.6 Å². The van der Waals surface area contributed by atoms with Crippen molar-refractivity contribution in [2.45, 2.75) is 109 Å². The Morgan fingerprint density at radius 2 is 1.87 bits per heavy atom. The smallest absolute Gasteiger partial charge is 0.330 e. The Kier molecular flexibility index (Phi) is 11.8. The highest BCUT2D eigenvalue weighted by molar-refractivity contribution is 9.10. The lowest BCUT2D eigenvalue weighted by Gasteiger charge is -2.35. The fourth-order valence-electron chi connectivity index (χ4n) is 7.68. The van der Waals surface area contributed by atoms with E-state index in [2.05, 4.69) is 38.5 Å². The second-order valence-electron chi connectivity index (χ2n) is 16.3. The van der Waals surface area contributed by atoms with Gasteiger partial charge in [-0.15, -0.1) is 17.9 Å². The standard InChI is InChI=1S/C40H51BrN6O7S/c1-8-22-18-40(22,37(51)52)46-35(49)29-15-24(19-47(29)36(50)26(39(4,5)6)16-32(48)43-23-11-9-10-12-23)54-31-17-27(28-20-55-38(45-28)42-21(2)3)44-34-25(31)13-14-30(53-7)33(34)41/h8,13-14,17,20-24,26,29H,1,9-12,15-16,18-19H2,2-7H3,(H,42,45)(H,43,48)(H,46,49)(H,51,52)/t22-,24-,26-,29-,40-/m1/s1. The highest BCUT2D eigenvalue weighted by Crippen LogP contribution is 2.45. The number of benzene rings is 1. The van der Waals surface area contributed by atoms with E-state index in [1.807, 2.05) is 46.1 Å². The average Bonchev–Trinajstić information content (AvgIpc) is 3.53. The van der Waals surface area contributed by atoms with E-state index in [1.54, 1.807) is 19.2 Å². The van der Waals surface area contributed by atoms with Crippen LogP contribution in [0.5, 0.6) is 11.5 Å². The Morgan fingerprint density at radius 3 is 2.49 bits per heavy atom. The number of halogens is 1. The molecule has 55 heavy (non-hydrogen) atoms. The minimum atomic E-state index is -1.49. The van der Waals surface area contributed by atoms with Crippen LogP contribution in [0.25, 0.3) is 22.3 Å². The van der Waals surface area contributed by atoms with Gasteiger partial charge < -0.3 is 35.4 Å². The second-order valence-corrected chi connectivity index (χ2v) is 17.9. The van der Waals surface area contributed by atoms with Crippen LogP contribution in [-0.2, 0) is 19.2 Å². The van der Waals surface area contributed by atoms with Gasteiger partial charge in [0.25, 0.3) is 0 Å². The van der Waals surface area contributed by atoms with Gasteiger partial charge in [0.1, 0.15) is 34.9 Å². The first-order valence-electron chi connectivity index (χ1n) is 18.9. The fraction of sp³-hybridized carbons (Fsp3) is 0.550. The zero-order valence-electron chi connectivity index (χ0n) is 32.2. The number of ether oxygens (including phenoxy) is 2. The molecule has 0 spiro atoms. The van der Waals surface area contributed by atoms with Gasteiger partial charge in [0.15, 0.2) is 5.13 Å². The van der Waals surface area contributed by atoms with Crippen LogP contribution < -0.4 is 25.4 Å². The SMILES string of the molecule is C=C[C@@H]1C[C@]1(NC(=O)[C@H]1C[C@@H](Oc2cc(-c3csc(NC(C)C)n3)nc3c(Br)c(OC)ccc23)CN1C(=O)[C@@H](CC(=O)NC1CCCC1)C(C)(C)C)C(=O)O. The Bertz CT molecular complexity index is 1970. The Morgan fingerprint density at radius 1 is 1.15 bits per heavy atom. The number of anilines is 1. The van der Waals surface area contributed by atoms with Crippen molar-refractivity contribution < 1.29 is 33.8 Å². The minimum absolute atomic E-state index is 0.0360.